The highest BCUT2D eigenvalue weighted by Gasteiger charge is 2.41. The average Bonchev–Trinajstić information content (AvgIpc) is 3.07. The van der Waals surface area contributed by atoms with E-state index in [1.54, 1.807) is 30.0 Å². The predicted molar refractivity (Wildman–Crippen MR) is 98.1 cm³/mol. The summed E-state index contributed by atoms with van der Waals surface area (Å²) in [5.74, 6) is 0.366. The molecule has 2 aliphatic heterocycles. The van der Waals surface area contributed by atoms with Crippen molar-refractivity contribution in [2.75, 3.05) is 36.6 Å². The quantitative estimate of drug-likeness (QED) is 0.712. The van der Waals surface area contributed by atoms with E-state index in [1.165, 1.54) is 12.0 Å². The van der Waals surface area contributed by atoms with Crippen LogP contribution in [0.4, 0.5) is 10.5 Å². The molecule has 1 aromatic rings. The highest BCUT2D eigenvalue weighted by atomic mass is 32.2. The molecule has 26 heavy (non-hydrogen) atoms. The molecule has 1 aromatic carbocycles. The fraction of sp³-hybridized carbons (Fsp3) is 0.471. The van der Waals surface area contributed by atoms with Gasteiger partial charge in [-0.25, -0.2) is 9.59 Å². The van der Waals surface area contributed by atoms with Crippen LogP contribution in [0.15, 0.2) is 18.2 Å². The summed E-state index contributed by atoms with van der Waals surface area (Å²) < 4.78 is 5.30. The van der Waals surface area contributed by atoms with Crippen LogP contribution < -0.4 is 20.3 Å². The zero-order chi connectivity index (χ0) is 18.7. The third kappa shape index (κ3) is 3.44. The van der Waals surface area contributed by atoms with E-state index in [-0.39, 0.29) is 6.03 Å². The average molecular weight is 379 g/mol. The second kappa shape index (κ2) is 7.45. The Labute approximate surface area is 155 Å². The maximum absolute atomic E-state index is 12.7. The summed E-state index contributed by atoms with van der Waals surface area (Å²) in [6.45, 7) is 0.981. The molecule has 3 N–H and O–H groups in total. The summed E-state index contributed by atoms with van der Waals surface area (Å²) in [5.41, 5.74) is -0.467. The minimum Gasteiger partial charge on any atom is -0.495 e. The van der Waals surface area contributed by atoms with Crippen molar-refractivity contribution >= 4 is 35.4 Å². The van der Waals surface area contributed by atoms with Crippen molar-refractivity contribution in [2.24, 2.45) is 0 Å². The second-order valence-corrected chi connectivity index (χ2v) is 7.45. The van der Waals surface area contributed by atoms with Crippen LogP contribution in [-0.4, -0.2) is 60.3 Å². The minimum atomic E-state index is -1.24. The Hall–Kier alpha value is -2.42. The van der Waals surface area contributed by atoms with E-state index in [2.05, 4.69) is 10.6 Å². The Morgan fingerprint density at radius 1 is 1.35 bits per heavy atom. The van der Waals surface area contributed by atoms with E-state index in [0.29, 0.717) is 54.4 Å². The maximum Gasteiger partial charge on any atom is 0.329 e. The van der Waals surface area contributed by atoms with Gasteiger partial charge in [0.25, 0.3) is 5.91 Å². The number of benzene rings is 1. The number of rotatable bonds is 5. The standard InChI is InChI=1S/C17H21N3O5S/c1-25-13-3-2-11(10-12(13)20-7-6-18-16(20)24)14(21)19-17(15(22)23)4-8-26-9-5-17/h2-3,10H,4-9H2,1H3,(H,18,24)(H,19,21)(H,22,23). The molecule has 3 rings (SSSR count). The van der Waals surface area contributed by atoms with E-state index >= 15 is 0 Å². The lowest BCUT2D eigenvalue weighted by molar-refractivity contribution is -0.144. The number of urea groups is 1. The highest BCUT2D eigenvalue weighted by Crippen LogP contribution is 2.32. The molecule has 2 aliphatic rings. The van der Waals surface area contributed by atoms with Crippen molar-refractivity contribution in [1.82, 2.24) is 10.6 Å². The largest absolute Gasteiger partial charge is 0.495 e. The van der Waals surface area contributed by atoms with Gasteiger partial charge in [-0.05, 0) is 42.5 Å². The number of anilines is 1. The Balaban J connectivity index is 1.87. The van der Waals surface area contributed by atoms with Crippen LogP contribution in [0, 0.1) is 0 Å². The smallest absolute Gasteiger partial charge is 0.329 e. The van der Waals surface area contributed by atoms with Gasteiger partial charge in [0, 0.05) is 18.7 Å². The minimum absolute atomic E-state index is 0.257. The molecule has 0 aliphatic carbocycles. The first kappa shape index (κ1) is 18.4. The Bertz CT molecular complexity index is 733. The van der Waals surface area contributed by atoms with E-state index < -0.39 is 17.4 Å². The summed E-state index contributed by atoms with van der Waals surface area (Å²) in [6.07, 6.45) is 0.770. The lowest BCUT2D eigenvalue weighted by atomic mass is 9.91. The molecule has 9 heteroatoms. The van der Waals surface area contributed by atoms with Gasteiger partial charge < -0.3 is 20.5 Å². The second-order valence-electron chi connectivity index (χ2n) is 6.22. The lowest BCUT2D eigenvalue weighted by Gasteiger charge is -2.33. The van der Waals surface area contributed by atoms with Crippen LogP contribution in [0.3, 0.4) is 0 Å². The fourth-order valence-corrected chi connectivity index (χ4v) is 4.34. The van der Waals surface area contributed by atoms with E-state index in [9.17, 15) is 19.5 Å². The zero-order valence-corrected chi connectivity index (χ0v) is 15.2. The Morgan fingerprint density at radius 2 is 2.08 bits per heavy atom. The number of carboxylic acids is 1. The summed E-state index contributed by atoms with van der Waals surface area (Å²) in [4.78, 5) is 37.9. The molecule has 2 heterocycles. The number of ether oxygens (including phenoxy) is 1. The number of carboxylic acid groups (broad SMARTS) is 1. The molecule has 140 valence electrons. The molecule has 3 amide bonds. The van der Waals surface area contributed by atoms with Crippen LogP contribution in [0.25, 0.3) is 0 Å². The highest BCUT2D eigenvalue weighted by molar-refractivity contribution is 7.99. The Kier molecular flexibility index (Phi) is 5.26. The van der Waals surface area contributed by atoms with Gasteiger partial charge in [0.1, 0.15) is 11.3 Å². The van der Waals surface area contributed by atoms with Crippen LogP contribution >= 0.6 is 11.8 Å². The van der Waals surface area contributed by atoms with Gasteiger partial charge in [-0.2, -0.15) is 11.8 Å². The number of hydrogen-bond donors (Lipinski definition) is 3. The molecule has 0 atom stereocenters. The van der Waals surface area contributed by atoms with Gasteiger partial charge in [0.2, 0.25) is 0 Å². The summed E-state index contributed by atoms with van der Waals surface area (Å²) in [7, 11) is 1.49. The SMILES string of the molecule is COc1ccc(C(=O)NC2(C(=O)O)CCSCC2)cc1N1CCNC1=O. The number of amides is 3. The number of carbonyl (C=O) groups excluding carboxylic acids is 2. The number of nitrogens with zero attached hydrogens (tertiary/aromatic N) is 1. The summed E-state index contributed by atoms with van der Waals surface area (Å²) in [5, 5.41) is 15.0. The van der Waals surface area contributed by atoms with Gasteiger partial charge in [0.05, 0.1) is 12.8 Å². The van der Waals surface area contributed by atoms with Gasteiger partial charge in [-0.1, -0.05) is 0 Å². The van der Waals surface area contributed by atoms with E-state index in [1.807, 2.05) is 0 Å². The van der Waals surface area contributed by atoms with Crippen molar-refractivity contribution < 1.29 is 24.2 Å². The number of thioether (sulfide) groups is 1. The monoisotopic (exact) mass is 379 g/mol. The number of aliphatic carboxylic acids is 1. The van der Waals surface area contributed by atoms with Crippen molar-refractivity contribution in [2.45, 2.75) is 18.4 Å². The molecule has 8 nitrogen and oxygen atoms in total. The van der Waals surface area contributed by atoms with E-state index in [4.69, 9.17) is 4.74 Å². The Morgan fingerprint density at radius 3 is 2.65 bits per heavy atom. The molecular formula is C17H21N3O5S. The summed E-state index contributed by atoms with van der Waals surface area (Å²) in [6, 6.07) is 4.48. The number of hydrogen-bond acceptors (Lipinski definition) is 5. The van der Waals surface area contributed by atoms with Crippen molar-refractivity contribution in [3.05, 3.63) is 23.8 Å². The van der Waals surface area contributed by atoms with Crippen LogP contribution in [0.2, 0.25) is 0 Å². The predicted octanol–water partition coefficient (Wildman–Crippen LogP) is 1.30. The van der Waals surface area contributed by atoms with E-state index in [0.717, 1.165) is 0 Å². The van der Waals surface area contributed by atoms with Crippen LogP contribution in [-0.2, 0) is 4.79 Å². The summed E-state index contributed by atoms with van der Waals surface area (Å²) >= 11 is 1.68. The van der Waals surface area contributed by atoms with Gasteiger partial charge in [-0.15, -0.1) is 0 Å². The number of nitrogens with one attached hydrogen (secondary N) is 2. The fourth-order valence-electron chi connectivity index (χ4n) is 3.15. The topological polar surface area (TPSA) is 108 Å². The maximum atomic E-state index is 12.7. The first-order valence-corrected chi connectivity index (χ1v) is 9.49. The van der Waals surface area contributed by atoms with Crippen LogP contribution in [0.1, 0.15) is 23.2 Å². The third-order valence-electron chi connectivity index (χ3n) is 4.70. The molecule has 2 saturated heterocycles. The molecule has 0 radical (unpaired) electrons. The molecule has 0 saturated carbocycles. The van der Waals surface area contributed by atoms with Crippen LogP contribution in [0.5, 0.6) is 5.75 Å². The van der Waals surface area contributed by atoms with Gasteiger partial charge >= 0.3 is 12.0 Å². The normalized spacial score (nSPS) is 19.0. The molecule has 0 aromatic heterocycles. The molecular weight excluding hydrogens is 358 g/mol. The molecule has 0 spiro atoms. The number of methoxy groups -OCH3 is 1. The first-order chi connectivity index (χ1) is 12.5. The van der Waals surface area contributed by atoms with Crippen molar-refractivity contribution in [3.8, 4) is 5.75 Å². The lowest BCUT2D eigenvalue weighted by Crippen LogP contribution is -2.56. The van der Waals surface area contributed by atoms with Crippen molar-refractivity contribution in [1.29, 1.82) is 0 Å². The first-order valence-electron chi connectivity index (χ1n) is 8.34. The molecule has 0 unspecified atom stereocenters. The number of carbonyl (C=O) groups is 3. The molecule has 0 bridgehead atoms. The third-order valence-corrected chi connectivity index (χ3v) is 5.68. The molecule has 2 fully saturated rings. The van der Waals surface area contributed by atoms with Gasteiger partial charge in [0.15, 0.2) is 0 Å². The van der Waals surface area contributed by atoms with Crippen molar-refractivity contribution in [3.63, 3.8) is 0 Å². The zero-order valence-electron chi connectivity index (χ0n) is 14.4. The van der Waals surface area contributed by atoms with Gasteiger partial charge in [-0.3, -0.25) is 9.69 Å².